The molecule has 1 aromatic carbocycles. The van der Waals surface area contributed by atoms with Crippen LogP contribution in [0.4, 0.5) is 0 Å². The first-order valence-corrected chi connectivity index (χ1v) is 17.3. The van der Waals surface area contributed by atoms with Gasteiger partial charge in [-0.25, -0.2) is 0 Å². The van der Waals surface area contributed by atoms with Crippen LogP contribution in [0.1, 0.15) is 84.8 Å². The first kappa shape index (κ1) is 56.7. The molecule has 9 N–H and O–H groups in total. The van der Waals surface area contributed by atoms with Crippen molar-refractivity contribution in [1.29, 1.82) is 0 Å². The number of aliphatic carboxylic acids is 1. The summed E-state index contributed by atoms with van der Waals surface area (Å²) in [5, 5.41) is 12.4. The zero-order valence-electron chi connectivity index (χ0n) is 32.3. The number of benzene rings is 1. The molecule has 1 aliphatic rings. The normalized spacial score (nSPS) is 10.2. The Morgan fingerprint density at radius 3 is 1.71 bits per heavy atom. The second-order valence-electron chi connectivity index (χ2n) is 9.84. The molecule has 1 aliphatic heterocycles. The molecule has 0 fully saturated rings. The minimum absolute atomic E-state index is 0.121. The van der Waals surface area contributed by atoms with Crippen LogP contribution in [0.5, 0.6) is 0 Å². The Bertz CT molecular complexity index is 1050. The largest absolute Gasteiger partial charge is 0.481 e. The molecule has 1 aromatic rings. The van der Waals surface area contributed by atoms with Crippen molar-refractivity contribution in [2.75, 3.05) is 53.1 Å². The Kier molecular flexibility index (Phi) is 50.5. The fourth-order valence-corrected chi connectivity index (χ4v) is 3.34. The van der Waals surface area contributed by atoms with E-state index >= 15 is 0 Å². The van der Waals surface area contributed by atoms with Gasteiger partial charge in [-0.15, -0.1) is 0 Å². The van der Waals surface area contributed by atoms with Gasteiger partial charge in [-0.2, -0.15) is 0 Å². The maximum atomic E-state index is 11.2. The smallest absolute Gasteiger partial charge is 0.300 e. The number of unbranched alkanes of at least 4 members (excludes halogenated alkanes) is 1. The van der Waals surface area contributed by atoms with Crippen molar-refractivity contribution in [3.05, 3.63) is 47.5 Å². The molecule has 0 radical (unpaired) electrons. The minimum atomic E-state index is -0.833. The maximum absolute atomic E-state index is 11.2. The zero-order valence-corrected chi connectivity index (χ0v) is 32.3. The standard InChI is InChI=1S/C14H21NO.C13H19N3O6.C3H8.C2H4O2.C2H6.CH3NO.CH5N/c1-2-5-13-7-9-14(10-8-13)6-3-4-11-15-12-16;14-10(17)9-15-11(18)3-5-21-7-8-22-6-4-16-12(19)1-2-13(16)20;1-3-2;1-2(3)4;1-2;2-1-3;1-2/h7-10,12H,2-6,11H2,1H3,(H,15,16);1-2H,3-9H2,(H2,14,17)(H,15,18);3H2,1-2H3;1H3,(H,3,4);1-2H3;1H,(H2,2,3);2H2,1H3. The van der Waals surface area contributed by atoms with Crippen LogP contribution in [0.3, 0.4) is 0 Å². The molecule has 0 aromatic heterocycles. The lowest BCUT2D eigenvalue weighted by atomic mass is 10.0. The van der Waals surface area contributed by atoms with Gasteiger partial charge < -0.3 is 42.4 Å². The van der Waals surface area contributed by atoms with Gasteiger partial charge in [0.2, 0.25) is 24.6 Å². The predicted molar refractivity (Wildman–Crippen MR) is 203 cm³/mol. The summed E-state index contributed by atoms with van der Waals surface area (Å²) in [7, 11) is 1.50. The molecule has 2 rings (SSSR count). The third-order valence-corrected chi connectivity index (χ3v) is 5.35. The van der Waals surface area contributed by atoms with Crippen LogP contribution in [0.25, 0.3) is 0 Å². The van der Waals surface area contributed by atoms with Gasteiger partial charge in [-0.3, -0.25) is 38.5 Å². The second kappa shape index (κ2) is 46.3. The molecule has 0 bridgehead atoms. The Hall–Kier alpha value is -4.67. The number of hydrogen-bond donors (Lipinski definition) is 6. The van der Waals surface area contributed by atoms with Gasteiger partial charge in [0.05, 0.1) is 39.5 Å². The summed E-state index contributed by atoms with van der Waals surface area (Å²) >= 11 is 0. The highest BCUT2D eigenvalue weighted by Crippen LogP contribution is 2.09. The molecule has 6 amide bonds. The number of hydrogen-bond acceptors (Lipinski definition) is 10. The second-order valence-corrected chi connectivity index (χ2v) is 9.84. The van der Waals surface area contributed by atoms with Gasteiger partial charge >= 0.3 is 0 Å². The first-order valence-electron chi connectivity index (χ1n) is 17.3. The highest BCUT2D eigenvalue weighted by molar-refractivity contribution is 6.12. The van der Waals surface area contributed by atoms with E-state index in [0.717, 1.165) is 44.0 Å². The number of amides is 6. The molecule has 0 spiro atoms. The van der Waals surface area contributed by atoms with Crippen molar-refractivity contribution in [2.24, 2.45) is 17.2 Å². The molecule has 300 valence electrons. The Labute approximate surface area is 310 Å². The number of aryl methyl sites for hydroxylation is 2. The number of imide groups is 1. The van der Waals surface area contributed by atoms with Crippen molar-refractivity contribution < 1.29 is 48.1 Å². The van der Waals surface area contributed by atoms with Crippen molar-refractivity contribution in [3.8, 4) is 0 Å². The van der Waals surface area contributed by atoms with E-state index in [2.05, 4.69) is 67.1 Å². The van der Waals surface area contributed by atoms with Crippen molar-refractivity contribution >= 4 is 42.4 Å². The first-order chi connectivity index (χ1) is 24.9. The number of ether oxygens (including phenoxy) is 2. The van der Waals surface area contributed by atoms with Gasteiger partial charge in [0.15, 0.2) is 0 Å². The van der Waals surface area contributed by atoms with E-state index in [4.69, 9.17) is 29.9 Å². The van der Waals surface area contributed by atoms with E-state index in [-0.39, 0.29) is 70.1 Å². The zero-order chi connectivity index (χ0) is 41.0. The number of carbonyl (C=O) groups excluding carboxylic acids is 6. The number of carboxylic acids is 1. The van der Waals surface area contributed by atoms with Crippen LogP contribution >= 0.6 is 0 Å². The summed E-state index contributed by atoms with van der Waals surface area (Å²) < 4.78 is 10.4. The minimum Gasteiger partial charge on any atom is -0.481 e. The van der Waals surface area contributed by atoms with Crippen LogP contribution in [0.2, 0.25) is 0 Å². The van der Waals surface area contributed by atoms with E-state index < -0.39 is 11.9 Å². The van der Waals surface area contributed by atoms with Gasteiger partial charge in [-0.05, 0) is 43.9 Å². The average molecular weight is 743 g/mol. The van der Waals surface area contributed by atoms with Gasteiger partial charge in [0.25, 0.3) is 17.8 Å². The number of primary amides is 2. The molecule has 0 saturated heterocycles. The summed E-state index contributed by atoms with van der Waals surface area (Å²) in [4.78, 5) is 72.7. The number of nitrogens with two attached hydrogens (primary N) is 3. The summed E-state index contributed by atoms with van der Waals surface area (Å²) in [6.45, 7) is 13.3. The highest BCUT2D eigenvalue weighted by Gasteiger charge is 2.22. The van der Waals surface area contributed by atoms with Crippen molar-refractivity contribution in [3.63, 3.8) is 0 Å². The van der Waals surface area contributed by atoms with Crippen molar-refractivity contribution in [1.82, 2.24) is 15.5 Å². The van der Waals surface area contributed by atoms with E-state index in [1.54, 1.807) is 0 Å². The molecule has 1 heterocycles. The van der Waals surface area contributed by atoms with Crippen molar-refractivity contribution in [2.45, 2.75) is 86.5 Å². The number of rotatable bonds is 19. The summed E-state index contributed by atoms with van der Waals surface area (Å²) in [5.74, 6) is -2.44. The maximum Gasteiger partial charge on any atom is 0.300 e. The van der Waals surface area contributed by atoms with E-state index in [0.29, 0.717) is 0 Å². The lowest BCUT2D eigenvalue weighted by Gasteiger charge is -2.13. The quantitative estimate of drug-likeness (QED) is 0.0677. The molecule has 16 nitrogen and oxygen atoms in total. The fraction of sp³-hybridized carbons (Fsp3) is 0.583. The van der Waals surface area contributed by atoms with Gasteiger partial charge in [0, 0.05) is 32.0 Å². The number of nitrogens with zero attached hydrogens (tertiary/aromatic N) is 1. The molecule has 0 atom stereocenters. The van der Waals surface area contributed by atoms with E-state index in [1.807, 2.05) is 13.8 Å². The Morgan fingerprint density at radius 2 is 1.29 bits per heavy atom. The molecular weight excluding hydrogens is 676 g/mol. The number of carboxylic acid groups (broad SMARTS) is 1. The highest BCUT2D eigenvalue weighted by atomic mass is 16.5. The molecule has 0 unspecified atom stereocenters. The summed E-state index contributed by atoms with van der Waals surface area (Å²) in [6, 6.07) is 8.89. The molecule has 52 heavy (non-hydrogen) atoms. The predicted octanol–water partition coefficient (Wildman–Crippen LogP) is 1.85. The van der Waals surface area contributed by atoms with Crippen LogP contribution in [-0.2, 0) is 55.9 Å². The fourth-order valence-electron chi connectivity index (χ4n) is 3.34. The molecule has 0 aliphatic carbocycles. The molecule has 16 heteroatoms. The monoisotopic (exact) mass is 742 g/mol. The van der Waals surface area contributed by atoms with Crippen LogP contribution in [-0.4, -0.2) is 106 Å². The Morgan fingerprint density at radius 1 is 0.846 bits per heavy atom. The SMILES string of the molecule is CC.CC(=O)O.CCC.CCCc1ccc(CCCCNC=O)cc1.CN.NC(=O)CNC(=O)CCOCCOCCN1C(=O)C=CC1=O.NC=O. The number of carbonyl (C=O) groups is 7. The summed E-state index contributed by atoms with van der Waals surface area (Å²) in [6.07, 6.45) is 10.5. The van der Waals surface area contributed by atoms with Crippen LogP contribution < -0.4 is 27.8 Å². The average Bonchev–Trinajstić information content (AvgIpc) is 3.44. The lowest BCUT2D eigenvalue weighted by Crippen LogP contribution is -2.34. The third kappa shape index (κ3) is 45.3. The summed E-state index contributed by atoms with van der Waals surface area (Å²) in [5.41, 5.74) is 16.4. The van der Waals surface area contributed by atoms with Gasteiger partial charge in [0.1, 0.15) is 0 Å². The van der Waals surface area contributed by atoms with E-state index in [9.17, 15) is 24.0 Å². The molecular formula is C36H66N6O10. The van der Waals surface area contributed by atoms with E-state index in [1.165, 1.54) is 49.6 Å². The Balaban J connectivity index is -0.000000213. The van der Waals surface area contributed by atoms with Gasteiger partial charge in [-0.1, -0.05) is 71.7 Å². The molecule has 0 saturated carbocycles. The van der Waals surface area contributed by atoms with Crippen LogP contribution in [0.15, 0.2) is 36.4 Å². The van der Waals surface area contributed by atoms with Crippen LogP contribution in [0, 0.1) is 0 Å². The number of nitrogens with one attached hydrogen (secondary N) is 2. The topological polar surface area (TPSA) is 264 Å². The lowest BCUT2D eigenvalue weighted by molar-refractivity contribution is -0.138. The third-order valence-electron chi connectivity index (χ3n) is 5.35.